The maximum Gasteiger partial charge on any atom is 0.163 e. The number of ketones is 1. The van der Waals surface area contributed by atoms with Gasteiger partial charge in [0.2, 0.25) is 0 Å². The van der Waals surface area contributed by atoms with E-state index in [1.54, 1.807) is 12.1 Å². The van der Waals surface area contributed by atoms with E-state index in [4.69, 9.17) is 0 Å². The van der Waals surface area contributed by atoms with Crippen molar-refractivity contribution < 1.29 is 9.18 Å². The zero-order valence-corrected chi connectivity index (χ0v) is 8.00. The van der Waals surface area contributed by atoms with Gasteiger partial charge in [-0.1, -0.05) is 36.9 Å². The molecule has 2 heteroatoms. The van der Waals surface area contributed by atoms with Crippen LogP contribution in [0.4, 0.5) is 4.39 Å². The number of benzene rings is 1. The summed E-state index contributed by atoms with van der Waals surface area (Å²) in [5, 5.41) is 0. The molecule has 0 heterocycles. The van der Waals surface area contributed by atoms with Gasteiger partial charge in [0, 0.05) is 12.0 Å². The van der Waals surface area contributed by atoms with Gasteiger partial charge >= 0.3 is 0 Å². The van der Waals surface area contributed by atoms with E-state index in [1.165, 1.54) is 0 Å². The van der Waals surface area contributed by atoms with Crippen molar-refractivity contribution in [2.45, 2.75) is 12.8 Å². The molecule has 0 aromatic heterocycles. The maximum atomic E-state index is 12.0. The van der Waals surface area contributed by atoms with E-state index >= 15 is 0 Å². The topological polar surface area (TPSA) is 17.1 Å². The van der Waals surface area contributed by atoms with E-state index in [0.29, 0.717) is 24.0 Å². The molecule has 0 unspecified atom stereocenters. The molecule has 0 spiro atoms. The van der Waals surface area contributed by atoms with Crippen LogP contribution in [0.1, 0.15) is 23.2 Å². The molecule has 0 aliphatic rings. The van der Waals surface area contributed by atoms with Gasteiger partial charge in [0.1, 0.15) is 6.67 Å². The summed E-state index contributed by atoms with van der Waals surface area (Å²) in [6.45, 7) is 2.97. The highest BCUT2D eigenvalue weighted by Crippen LogP contribution is 2.09. The molecular weight excluding hydrogens is 179 g/mol. The number of hydrogen-bond acceptors (Lipinski definition) is 1. The Kier molecular flexibility index (Phi) is 4.05. The molecule has 0 N–H and O–H groups in total. The monoisotopic (exact) mass is 192 g/mol. The third kappa shape index (κ3) is 3.13. The van der Waals surface area contributed by atoms with Crippen molar-refractivity contribution in [3.8, 4) is 0 Å². The van der Waals surface area contributed by atoms with Crippen LogP contribution in [-0.4, -0.2) is 12.5 Å². The van der Waals surface area contributed by atoms with E-state index in [-0.39, 0.29) is 5.78 Å². The van der Waals surface area contributed by atoms with Crippen LogP contribution in [0.3, 0.4) is 0 Å². The third-order valence-electron chi connectivity index (χ3n) is 1.99. The Labute approximate surface area is 83.3 Å². The third-order valence-corrected chi connectivity index (χ3v) is 1.99. The molecule has 0 fully saturated rings. The summed E-state index contributed by atoms with van der Waals surface area (Å²) in [6, 6.07) is 9.02. The smallest absolute Gasteiger partial charge is 0.163 e. The molecule has 0 saturated carbocycles. The Balaban J connectivity index is 2.48. The number of rotatable bonds is 5. The van der Waals surface area contributed by atoms with Crippen molar-refractivity contribution in [3.05, 3.63) is 48.0 Å². The second-order valence-corrected chi connectivity index (χ2v) is 3.17. The standard InChI is InChI=1S/C12H13FO/c1-10(9-13)7-8-12(14)11-5-3-2-4-6-11/h2-6H,1,7-9H2. The molecule has 14 heavy (non-hydrogen) atoms. The lowest BCUT2D eigenvalue weighted by atomic mass is 10.0. The molecular formula is C12H13FO. The molecule has 0 saturated heterocycles. The second kappa shape index (κ2) is 5.32. The summed E-state index contributed by atoms with van der Waals surface area (Å²) >= 11 is 0. The number of hydrogen-bond donors (Lipinski definition) is 0. The summed E-state index contributed by atoms with van der Waals surface area (Å²) in [7, 11) is 0. The van der Waals surface area contributed by atoms with Crippen molar-refractivity contribution in [3.63, 3.8) is 0 Å². The molecule has 1 rings (SSSR count). The molecule has 0 atom stereocenters. The molecule has 74 valence electrons. The summed E-state index contributed by atoms with van der Waals surface area (Å²) in [5.74, 6) is 0.0419. The van der Waals surface area contributed by atoms with Gasteiger partial charge in [0.25, 0.3) is 0 Å². The summed E-state index contributed by atoms with van der Waals surface area (Å²) < 4.78 is 12.0. The van der Waals surface area contributed by atoms with Crippen molar-refractivity contribution in [2.75, 3.05) is 6.67 Å². The van der Waals surface area contributed by atoms with Crippen LogP contribution in [0.15, 0.2) is 42.5 Å². The van der Waals surface area contributed by atoms with Gasteiger partial charge in [0.05, 0.1) is 0 Å². The van der Waals surface area contributed by atoms with E-state index in [0.717, 1.165) is 0 Å². The molecule has 1 aromatic carbocycles. The lowest BCUT2D eigenvalue weighted by molar-refractivity contribution is 0.0982. The number of carbonyl (C=O) groups excluding carboxylic acids is 1. The number of carbonyl (C=O) groups is 1. The first-order valence-corrected chi connectivity index (χ1v) is 4.55. The summed E-state index contributed by atoms with van der Waals surface area (Å²) in [4.78, 5) is 11.5. The highest BCUT2D eigenvalue weighted by Gasteiger charge is 2.05. The van der Waals surface area contributed by atoms with Gasteiger partial charge in [-0.2, -0.15) is 0 Å². The van der Waals surface area contributed by atoms with Crippen molar-refractivity contribution in [2.24, 2.45) is 0 Å². The zero-order valence-electron chi connectivity index (χ0n) is 8.00. The first kappa shape index (κ1) is 10.6. The molecule has 1 nitrogen and oxygen atoms in total. The number of alkyl halides is 1. The first-order chi connectivity index (χ1) is 6.74. The molecule has 0 bridgehead atoms. The van der Waals surface area contributed by atoms with Crippen molar-refractivity contribution >= 4 is 5.78 Å². The van der Waals surface area contributed by atoms with Crippen LogP contribution >= 0.6 is 0 Å². The quantitative estimate of drug-likeness (QED) is 0.517. The van der Waals surface area contributed by atoms with Crippen LogP contribution in [0.25, 0.3) is 0 Å². The minimum atomic E-state index is -0.540. The van der Waals surface area contributed by atoms with E-state index in [9.17, 15) is 9.18 Å². The second-order valence-electron chi connectivity index (χ2n) is 3.17. The first-order valence-electron chi connectivity index (χ1n) is 4.55. The average molecular weight is 192 g/mol. The largest absolute Gasteiger partial charge is 0.294 e. The number of allylic oxidation sites excluding steroid dienone is 1. The zero-order chi connectivity index (χ0) is 10.4. The highest BCUT2D eigenvalue weighted by atomic mass is 19.1. The normalized spacial score (nSPS) is 9.79. The summed E-state index contributed by atoms with van der Waals surface area (Å²) in [5.41, 5.74) is 1.16. The van der Waals surface area contributed by atoms with Gasteiger partial charge in [-0.25, -0.2) is 4.39 Å². The average Bonchev–Trinajstić information content (AvgIpc) is 2.26. The summed E-state index contributed by atoms with van der Waals surface area (Å²) in [6.07, 6.45) is 0.775. The van der Waals surface area contributed by atoms with E-state index in [1.807, 2.05) is 18.2 Å². The van der Waals surface area contributed by atoms with Crippen LogP contribution < -0.4 is 0 Å². The van der Waals surface area contributed by atoms with Crippen molar-refractivity contribution in [1.29, 1.82) is 0 Å². The molecule has 0 aliphatic heterocycles. The van der Waals surface area contributed by atoms with Crippen LogP contribution in [-0.2, 0) is 0 Å². The Bertz CT molecular complexity index is 316. The maximum absolute atomic E-state index is 12.0. The molecule has 0 amide bonds. The highest BCUT2D eigenvalue weighted by molar-refractivity contribution is 5.96. The fourth-order valence-corrected chi connectivity index (χ4v) is 1.13. The van der Waals surface area contributed by atoms with Gasteiger partial charge in [-0.3, -0.25) is 4.79 Å². The van der Waals surface area contributed by atoms with E-state index in [2.05, 4.69) is 6.58 Å². The number of Topliss-reactive ketones (excluding diaryl/α,β-unsaturated/α-hetero) is 1. The minimum absolute atomic E-state index is 0.0419. The fraction of sp³-hybridized carbons (Fsp3) is 0.250. The predicted molar refractivity (Wildman–Crippen MR) is 55.1 cm³/mol. The van der Waals surface area contributed by atoms with Crippen LogP contribution in [0.2, 0.25) is 0 Å². The van der Waals surface area contributed by atoms with Gasteiger partial charge < -0.3 is 0 Å². The Morgan fingerprint density at radius 3 is 2.43 bits per heavy atom. The van der Waals surface area contributed by atoms with Gasteiger partial charge in [0.15, 0.2) is 5.78 Å². The van der Waals surface area contributed by atoms with Crippen LogP contribution in [0.5, 0.6) is 0 Å². The lowest BCUT2D eigenvalue weighted by Crippen LogP contribution is -1.99. The Morgan fingerprint density at radius 1 is 1.21 bits per heavy atom. The predicted octanol–water partition coefficient (Wildman–Crippen LogP) is 3.18. The molecule has 1 aromatic rings. The fourth-order valence-electron chi connectivity index (χ4n) is 1.13. The van der Waals surface area contributed by atoms with Gasteiger partial charge in [-0.05, 0) is 12.0 Å². The minimum Gasteiger partial charge on any atom is -0.294 e. The molecule has 0 aliphatic carbocycles. The lowest BCUT2D eigenvalue weighted by Gasteiger charge is -2.00. The SMILES string of the molecule is C=C(CF)CCC(=O)c1ccccc1. The van der Waals surface area contributed by atoms with E-state index < -0.39 is 6.67 Å². The molecule has 0 radical (unpaired) electrons. The Morgan fingerprint density at radius 2 is 1.86 bits per heavy atom. The van der Waals surface area contributed by atoms with Crippen LogP contribution in [0, 0.1) is 0 Å². The number of halogens is 1. The van der Waals surface area contributed by atoms with Gasteiger partial charge in [-0.15, -0.1) is 0 Å². The Hall–Kier alpha value is -1.44. The van der Waals surface area contributed by atoms with Crippen molar-refractivity contribution in [1.82, 2.24) is 0 Å².